The van der Waals surface area contributed by atoms with E-state index in [9.17, 15) is 30.4 Å². The molecule has 1 aliphatic heterocycles. The van der Waals surface area contributed by atoms with E-state index in [1.807, 2.05) is 6.92 Å². The molecule has 1 atom stereocenters. The third-order valence-electron chi connectivity index (χ3n) is 6.52. The van der Waals surface area contributed by atoms with Gasteiger partial charge < -0.3 is 4.74 Å². The summed E-state index contributed by atoms with van der Waals surface area (Å²) in [6.45, 7) is 3.37. The summed E-state index contributed by atoms with van der Waals surface area (Å²) in [5, 5.41) is 0. The molecule has 0 radical (unpaired) electrons. The number of hydrogen-bond acceptors (Lipinski definition) is 4. The molecule has 4 rings (SSSR count). The van der Waals surface area contributed by atoms with Crippen molar-refractivity contribution >= 4 is 15.9 Å². The third kappa shape index (κ3) is 7.46. The van der Waals surface area contributed by atoms with Crippen LogP contribution in [-0.4, -0.2) is 56.2 Å². The summed E-state index contributed by atoms with van der Waals surface area (Å²) in [5.74, 6) is -1.69. The third-order valence-corrected chi connectivity index (χ3v) is 8.03. The maximum Gasteiger partial charge on any atom is 0.573 e. The van der Waals surface area contributed by atoms with Crippen molar-refractivity contribution in [2.24, 2.45) is 0 Å². The van der Waals surface area contributed by atoms with Gasteiger partial charge in [0, 0.05) is 31.6 Å². The molecule has 0 amide bonds. The van der Waals surface area contributed by atoms with E-state index in [1.165, 1.54) is 40.7 Å². The van der Waals surface area contributed by atoms with Crippen LogP contribution in [0.1, 0.15) is 30.4 Å². The van der Waals surface area contributed by atoms with E-state index in [-0.39, 0.29) is 24.8 Å². The van der Waals surface area contributed by atoms with E-state index < -0.39 is 39.9 Å². The first-order valence-electron chi connectivity index (χ1n) is 12.3. The second-order valence-corrected chi connectivity index (χ2v) is 10.9. The Morgan fingerprint density at radius 2 is 1.44 bits per heavy atom. The number of benzene rings is 3. The van der Waals surface area contributed by atoms with Crippen molar-refractivity contribution in [3.63, 3.8) is 0 Å². The number of ether oxygens (including phenoxy) is 1. The van der Waals surface area contributed by atoms with E-state index in [4.69, 9.17) is 0 Å². The van der Waals surface area contributed by atoms with Gasteiger partial charge in [-0.2, -0.15) is 12.7 Å². The Hall–Kier alpha value is -3.22. The lowest BCUT2D eigenvalue weighted by Crippen LogP contribution is -2.57. The Labute approximate surface area is 224 Å². The fourth-order valence-electron chi connectivity index (χ4n) is 4.84. The van der Waals surface area contributed by atoms with Gasteiger partial charge in [0.2, 0.25) is 0 Å². The Morgan fingerprint density at radius 1 is 0.897 bits per heavy atom. The monoisotopic (exact) mass is 569 g/mol. The molecule has 0 spiro atoms. The van der Waals surface area contributed by atoms with Crippen LogP contribution in [0.4, 0.5) is 27.6 Å². The summed E-state index contributed by atoms with van der Waals surface area (Å²) in [6.07, 6.45) is -4.05. The molecule has 0 aromatic heterocycles. The van der Waals surface area contributed by atoms with Crippen LogP contribution in [0.3, 0.4) is 0 Å². The van der Waals surface area contributed by atoms with Crippen LogP contribution in [0.2, 0.25) is 0 Å². The Bertz CT molecular complexity index is 1290. The van der Waals surface area contributed by atoms with E-state index in [0.717, 1.165) is 29.7 Å². The van der Waals surface area contributed by atoms with Gasteiger partial charge in [-0.1, -0.05) is 31.2 Å². The number of anilines is 1. The molecule has 1 saturated heterocycles. The average molecular weight is 570 g/mol. The molecule has 3 aromatic rings. The van der Waals surface area contributed by atoms with Gasteiger partial charge in [-0.25, -0.2) is 8.78 Å². The molecular formula is C27H28F5N3O3S. The average Bonchev–Trinajstić information content (AvgIpc) is 2.87. The number of nitrogens with one attached hydrogen (secondary N) is 1. The van der Waals surface area contributed by atoms with Gasteiger partial charge in [0.05, 0.1) is 5.69 Å². The molecule has 0 saturated carbocycles. The number of halogens is 5. The minimum atomic E-state index is -4.86. The van der Waals surface area contributed by atoms with Crippen LogP contribution in [-0.2, 0) is 10.2 Å². The summed E-state index contributed by atoms with van der Waals surface area (Å²) in [6, 6.07) is 15.9. The Kier molecular flexibility index (Phi) is 8.77. The van der Waals surface area contributed by atoms with Crippen molar-refractivity contribution in [1.82, 2.24) is 9.21 Å². The van der Waals surface area contributed by atoms with Gasteiger partial charge in [-0.05, 0) is 72.6 Å². The molecule has 3 aromatic carbocycles. The molecule has 39 heavy (non-hydrogen) atoms. The zero-order valence-electron chi connectivity index (χ0n) is 21.0. The zero-order valence-corrected chi connectivity index (χ0v) is 21.9. The minimum absolute atomic E-state index is 0.0734. The van der Waals surface area contributed by atoms with Crippen LogP contribution in [0.25, 0.3) is 0 Å². The smallest absolute Gasteiger partial charge is 0.406 e. The highest BCUT2D eigenvalue weighted by Gasteiger charge is 2.38. The highest BCUT2D eigenvalue weighted by molar-refractivity contribution is 7.90. The first-order chi connectivity index (χ1) is 18.4. The predicted molar refractivity (Wildman–Crippen MR) is 138 cm³/mol. The highest BCUT2D eigenvalue weighted by atomic mass is 32.2. The van der Waals surface area contributed by atoms with E-state index in [0.29, 0.717) is 13.1 Å². The van der Waals surface area contributed by atoms with Gasteiger partial charge in [0.15, 0.2) is 0 Å². The van der Waals surface area contributed by atoms with Gasteiger partial charge in [-0.15, -0.1) is 13.2 Å². The summed E-state index contributed by atoms with van der Waals surface area (Å²) in [7, 11) is -4.09. The summed E-state index contributed by atoms with van der Waals surface area (Å²) in [4.78, 5) is 2.17. The zero-order chi connectivity index (χ0) is 28.2. The van der Waals surface area contributed by atoms with E-state index in [1.54, 1.807) is 24.3 Å². The van der Waals surface area contributed by atoms with Crippen molar-refractivity contribution in [2.45, 2.75) is 31.7 Å². The molecule has 1 aliphatic rings. The number of piperazine rings is 1. The lowest BCUT2D eigenvalue weighted by molar-refractivity contribution is -0.274. The first-order valence-corrected chi connectivity index (χ1v) is 13.8. The maximum absolute atomic E-state index is 13.8. The topological polar surface area (TPSA) is 61.9 Å². The first kappa shape index (κ1) is 28.8. The SMILES string of the molecule is CCCN1CCN(S(=O)(=O)Nc2ccc(OC(F)(F)F)cc2)CC1C(c1ccc(F)cc1)c1ccc(F)cc1. The molecule has 1 unspecified atom stereocenters. The highest BCUT2D eigenvalue weighted by Crippen LogP contribution is 2.34. The predicted octanol–water partition coefficient (Wildman–Crippen LogP) is 5.75. The number of nitrogens with zero attached hydrogens (tertiary/aromatic N) is 2. The van der Waals surface area contributed by atoms with Crippen LogP contribution in [0.15, 0.2) is 72.8 Å². The van der Waals surface area contributed by atoms with Crippen LogP contribution in [0, 0.1) is 11.6 Å². The minimum Gasteiger partial charge on any atom is -0.406 e. The Balaban J connectivity index is 1.62. The fraction of sp³-hybridized carbons (Fsp3) is 0.333. The van der Waals surface area contributed by atoms with Crippen molar-refractivity contribution in [2.75, 3.05) is 30.9 Å². The van der Waals surface area contributed by atoms with Crippen LogP contribution < -0.4 is 9.46 Å². The molecule has 12 heteroatoms. The van der Waals surface area contributed by atoms with E-state index >= 15 is 0 Å². The van der Waals surface area contributed by atoms with Gasteiger partial charge in [-0.3, -0.25) is 9.62 Å². The normalized spacial score (nSPS) is 17.4. The lowest BCUT2D eigenvalue weighted by atomic mass is 9.83. The number of rotatable bonds is 9. The number of hydrogen-bond donors (Lipinski definition) is 1. The summed E-state index contributed by atoms with van der Waals surface area (Å²) >= 11 is 0. The van der Waals surface area contributed by atoms with Crippen molar-refractivity contribution in [3.8, 4) is 5.75 Å². The van der Waals surface area contributed by atoms with Gasteiger partial charge in [0.1, 0.15) is 17.4 Å². The van der Waals surface area contributed by atoms with E-state index in [2.05, 4.69) is 14.4 Å². The fourth-order valence-corrected chi connectivity index (χ4v) is 6.07. The number of alkyl halides is 3. The summed E-state index contributed by atoms with van der Waals surface area (Å²) < 4.78 is 99.1. The summed E-state index contributed by atoms with van der Waals surface area (Å²) in [5.41, 5.74) is 1.58. The van der Waals surface area contributed by atoms with Gasteiger partial charge >= 0.3 is 16.6 Å². The van der Waals surface area contributed by atoms with Crippen molar-refractivity contribution in [3.05, 3.63) is 95.6 Å². The lowest BCUT2D eigenvalue weighted by Gasteiger charge is -2.44. The van der Waals surface area contributed by atoms with Crippen molar-refractivity contribution in [1.29, 1.82) is 0 Å². The second kappa shape index (κ2) is 11.9. The van der Waals surface area contributed by atoms with Crippen LogP contribution >= 0.6 is 0 Å². The largest absolute Gasteiger partial charge is 0.573 e. The second-order valence-electron chi connectivity index (χ2n) is 9.22. The molecular weight excluding hydrogens is 541 g/mol. The maximum atomic E-state index is 13.8. The molecule has 210 valence electrons. The molecule has 6 nitrogen and oxygen atoms in total. The quantitative estimate of drug-likeness (QED) is 0.334. The molecule has 1 heterocycles. The standard InChI is InChI=1S/C27H28F5N3O3S/c1-2-15-34-16-17-35(39(36,37)33-23-11-13-24(14-12-23)38-27(30,31)32)18-25(34)26(19-3-7-21(28)8-4-19)20-5-9-22(29)10-6-20/h3-14,25-26,33H,2,15-18H2,1H3. The molecule has 0 bridgehead atoms. The molecule has 1 fully saturated rings. The van der Waals surface area contributed by atoms with Crippen LogP contribution in [0.5, 0.6) is 5.75 Å². The van der Waals surface area contributed by atoms with Gasteiger partial charge in [0.25, 0.3) is 0 Å². The molecule has 1 N–H and O–H groups in total. The Morgan fingerprint density at radius 3 is 1.92 bits per heavy atom. The molecule has 0 aliphatic carbocycles. The van der Waals surface area contributed by atoms with Crippen molar-refractivity contribution < 1.29 is 35.1 Å².